The average Bonchev–Trinajstić information content (AvgIpc) is 3.07. The maximum absolute atomic E-state index is 11.3. The highest BCUT2D eigenvalue weighted by Crippen LogP contribution is 2.19. The lowest BCUT2D eigenvalue weighted by Crippen LogP contribution is -2.44. The Morgan fingerprint density at radius 3 is 2.88 bits per heavy atom. The molecule has 1 unspecified atom stereocenters. The summed E-state index contributed by atoms with van der Waals surface area (Å²) in [6, 6.07) is 10.8. The van der Waals surface area contributed by atoms with Crippen LogP contribution in [-0.4, -0.2) is 51.3 Å². The van der Waals surface area contributed by atoms with Crippen LogP contribution in [0.3, 0.4) is 0 Å². The van der Waals surface area contributed by atoms with Gasteiger partial charge in [0.2, 0.25) is 0 Å². The molecule has 1 aliphatic heterocycles. The zero-order valence-electron chi connectivity index (χ0n) is 14.6. The molecule has 1 atom stereocenters. The van der Waals surface area contributed by atoms with Gasteiger partial charge in [0.25, 0.3) is 0 Å². The highest BCUT2D eigenvalue weighted by Gasteiger charge is 2.23. The van der Waals surface area contributed by atoms with Crippen molar-refractivity contribution in [3.05, 3.63) is 30.3 Å². The van der Waals surface area contributed by atoms with Gasteiger partial charge in [0.15, 0.2) is 5.96 Å². The minimum absolute atomic E-state index is 0.142. The third-order valence-electron chi connectivity index (χ3n) is 4.03. The van der Waals surface area contributed by atoms with Gasteiger partial charge in [-0.1, -0.05) is 18.2 Å². The molecular weight excluding hydrogens is 304 g/mol. The fourth-order valence-corrected chi connectivity index (χ4v) is 2.81. The van der Waals surface area contributed by atoms with Gasteiger partial charge >= 0.3 is 5.97 Å². The van der Waals surface area contributed by atoms with E-state index in [1.54, 1.807) is 7.05 Å². The van der Waals surface area contributed by atoms with Crippen LogP contribution in [0.2, 0.25) is 0 Å². The van der Waals surface area contributed by atoms with Gasteiger partial charge in [0.05, 0.1) is 6.61 Å². The molecule has 2 rings (SSSR count). The molecule has 0 radical (unpaired) electrons. The van der Waals surface area contributed by atoms with Crippen molar-refractivity contribution in [2.24, 2.45) is 4.99 Å². The number of hydrogen-bond donors (Lipinski definition) is 2. The Balaban J connectivity index is 1.69. The van der Waals surface area contributed by atoms with E-state index in [0.717, 1.165) is 31.9 Å². The van der Waals surface area contributed by atoms with Gasteiger partial charge in [-0.05, 0) is 31.9 Å². The maximum Gasteiger partial charge on any atom is 0.305 e. The molecule has 0 bridgehead atoms. The molecule has 1 aliphatic rings. The Kier molecular flexibility index (Phi) is 7.39. The number of hydrogen-bond acceptors (Lipinski definition) is 4. The molecule has 0 amide bonds. The van der Waals surface area contributed by atoms with E-state index in [9.17, 15) is 4.79 Å². The lowest BCUT2D eigenvalue weighted by molar-refractivity contribution is -0.143. The van der Waals surface area contributed by atoms with Gasteiger partial charge in [-0.25, -0.2) is 0 Å². The predicted molar refractivity (Wildman–Crippen MR) is 97.4 cm³/mol. The number of aliphatic imine (C=N–C) groups is 1. The Bertz CT molecular complexity index is 533. The number of ether oxygens (including phenoxy) is 1. The van der Waals surface area contributed by atoms with Crippen LogP contribution in [0.5, 0.6) is 0 Å². The van der Waals surface area contributed by atoms with E-state index in [-0.39, 0.29) is 5.97 Å². The molecule has 1 aromatic rings. The molecule has 1 aromatic carbocycles. The standard InChI is InChI=1S/C18H28N4O2/c1-3-24-17(23)10-7-12-20-18(19-2)21-15-11-13-22(14-15)16-8-5-4-6-9-16/h4-6,8-9,15H,3,7,10-14H2,1-2H3,(H2,19,20,21). The van der Waals surface area contributed by atoms with Crippen LogP contribution >= 0.6 is 0 Å². The summed E-state index contributed by atoms with van der Waals surface area (Å²) >= 11 is 0. The summed E-state index contributed by atoms with van der Waals surface area (Å²) in [5.41, 5.74) is 1.26. The lowest BCUT2D eigenvalue weighted by Gasteiger charge is -2.20. The molecule has 1 fully saturated rings. The number of esters is 1. The van der Waals surface area contributed by atoms with Crippen molar-refractivity contribution in [2.45, 2.75) is 32.2 Å². The second kappa shape index (κ2) is 9.80. The lowest BCUT2D eigenvalue weighted by atomic mass is 10.2. The summed E-state index contributed by atoms with van der Waals surface area (Å²) in [6.45, 7) is 4.97. The number of anilines is 1. The Labute approximate surface area is 144 Å². The zero-order valence-corrected chi connectivity index (χ0v) is 14.6. The normalized spacial score (nSPS) is 17.7. The third kappa shape index (κ3) is 5.76. The van der Waals surface area contributed by atoms with E-state index < -0.39 is 0 Å². The number of para-hydroxylation sites is 1. The van der Waals surface area contributed by atoms with Gasteiger partial charge in [-0.2, -0.15) is 0 Å². The first-order valence-electron chi connectivity index (χ1n) is 8.65. The van der Waals surface area contributed by atoms with Crippen LogP contribution in [0, 0.1) is 0 Å². The van der Waals surface area contributed by atoms with Gasteiger partial charge in [0, 0.05) is 44.8 Å². The highest BCUT2D eigenvalue weighted by molar-refractivity contribution is 5.80. The number of carbonyl (C=O) groups is 1. The van der Waals surface area contributed by atoms with Gasteiger partial charge < -0.3 is 20.3 Å². The van der Waals surface area contributed by atoms with Crippen LogP contribution in [0.4, 0.5) is 5.69 Å². The van der Waals surface area contributed by atoms with Gasteiger partial charge in [-0.3, -0.25) is 9.79 Å². The van der Waals surface area contributed by atoms with Gasteiger partial charge in [0.1, 0.15) is 0 Å². The van der Waals surface area contributed by atoms with Crippen molar-refractivity contribution >= 4 is 17.6 Å². The van der Waals surface area contributed by atoms with E-state index in [2.05, 4.69) is 44.8 Å². The number of carbonyl (C=O) groups excluding carboxylic acids is 1. The zero-order chi connectivity index (χ0) is 17.2. The first-order valence-corrected chi connectivity index (χ1v) is 8.65. The fourth-order valence-electron chi connectivity index (χ4n) is 2.81. The van der Waals surface area contributed by atoms with E-state index in [0.29, 0.717) is 25.6 Å². The first-order chi connectivity index (χ1) is 11.7. The van der Waals surface area contributed by atoms with Crippen LogP contribution in [0.25, 0.3) is 0 Å². The topological polar surface area (TPSA) is 66.0 Å². The molecule has 132 valence electrons. The number of benzene rings is 1. The molecule has 1 saturated heterocycles. The van der Waals surface area contributed by atoms with Crippen LogP contribution in [0.1, 0.15) is 26.2 Å². The first kappa shape index (κ1) is 18.1. The monoisotopic (exact) mass is 332 g/mol. The van der Waals surface area contributed by atoms with Crippen molar-refractivity contribution in [2.75, 3.05) is 38.2 Å². The number of guanidine groups is 1. The van der Waals surface area contributed by atoms with Crippen LogP contribution in [0.15, 0.2) is 35.3 Å². The molecular formula is C18H28N4O2. The van der Waals surface area contributed by atoms with E-state index in [1.807, 2.05) is 13.0 Å². The molecule has 24 heavy (non-hydrogen) atoms. The predicted octanol–water partition coefficient (Wildman–Crippen LogP) is 1.77. The summed E-state index contributed by atoms with van der Waals surface area (Å²) in [4.78, 5) is 17.9. The van der Waals surface area contributed by atoms with Crippen molar-refractivity contribution in [3.63, 3.8) is 0 Å². The van der Waals surface area contributed by atoms with Crippen molar-refractivity contribution in [1.29, 1.82) is 0 Å². The minimum atomic E-state index is -0.142. The molecule has 1 heterocycles. The third-order valence-corrected chi connectivity index (χ3v) is 4.03. The van der Waals surface area contributed by atoms with Crippen molar-refractivity contribution < 1.29 is 9.53 Å². The highest BCUT2D eigenvalue weighted by atomic mass is 16.5. The molecule has 2 N–H and O–H groups in total. The van der Waals surface area contributed by atoms with Crippen molar-refractivity contribution in [3.8, 4) is 0 Å². The maximum atomic E-state index is 11.3. The summed E-state index contributed by atoms with van der Waals surface area (Å²) in [6.07, 6.45) is 2.25. The Morgan fingerprint density at radius 2 is 2.17 bits per heavy atom. The minimum Gasteiger partial charge on any atom is -0.466 e. The number of rotatable bonds is 7. The van der Waals surface area contributed by atoms with Crippen molar-refractivity contribution in [1.82, 2.24) is 10.6 Å². The second-order valence-corrected chi connectivity index (χ2v) is 5.82. The van der Waals surface area contributed by atoms with E-state index in [4.69, 9.17) is 4.74 Å². The largest absolute Gasteiger partial charge is 0.466 e. The molecule has 0 aliphatic carbocycles. The van der Waals surface area contributed by atoms with Crippen LogP contribution < -0.4 is 15.5 Å². The smallest absolute Gasteiger partial charge is 0.305 e. The number of nitrogens with zero attached hydrogens (tertiary/aromatic N) is 2. The SMILES string of the molecule is CCOC(=O)CCCNC(=NC)NC1CCN(c2ccccc2)C1. The average molecular weight is 332 g/mol. The molecule has 6 nitrogen and oxygen atoms in total. The van der Waals surface area contributed by atoms with Gasteiger partial charge in [-0.15, -0.1) is 0 Å². The summed E-state index contributed by atoms with van der Waals surface area (Å²) in [7, 11) is 1.77. The quantitative estimate of drug-likeness (QED) is 0.345. The molecule has 0 spiro atoms. The van der Waals surface area contributed by atoms with E-state index in [1.165, 1.54) is 5.69 Å². The fraction of sp³-hybridized carbons (Fsp3) is 0.556. The molecule has 6 heteroatoms. The molecule has 0 aromatic heterocycles. The van der Waals surface area contributed by atoms with E-state index >= 15 is 0 Å². The molecule has 0 saturated carbocycles. The Morgan fingerprint density at radius 1 is 1.38 bits per heavy atom. The second-order valence-electron chi connectivity index (χ2n) is 5.82. The summed E-state index contributed by atoms with van der Waals surface area (Å²) in [5, 5.41) is 6.72. The number of nitrogens with one attached hydrogen (secondary N) is 2. The Hall–Kier alpha value is -2.24. The summed E-state index contributed by atoms with van der Waals surface area (Å²) < 4.78 is 4.92. The summed E-state index contributed by atoms with van der Waals surface area (Å²) in [5.74, 6) is 0.648. The van der Waals surface area contributed by atoms with Crippen LogP contribution in [-0.2, 0) is 9.53 Å².